The van der Waals surface area contributed by atoms with Crippen LogP contribution in [0.3, 0.4) is 0 Å². The predicted molar refractivity (Wildman–Crippen MR) is 118 cm³/mol. The molecule has 0 bridgehead atoms. The Balaban J connectivity index is 0.00000364. The molecule has 154 valence electrons. The van der Waals surface area contributed by atoms with Crippen LogP contribution in [0.5, 0.6) is 0 Å². The molecule has 0 saturated carbocycles. The summed E-state index contributed by atoms with van der Waals surface area (Å²) in [6.07, 6.45) is 4.23. The Labute approximate surface area is 179 Å². The SMILES string of the molecule is CN=C(NCCc1ccco1)NCC1CCN(C(=O)OC(C)(C)C)CC1.I. The second kappa shape index (κ2) is 11.4. The van der Waals surface area contributed by atoms with Crippen LogP contribution < -0.4 is 10.6 Å². The standard InChI is InChI=1S/C19H32N4O3.HI/c1-19(2,3)26-18(24)23-11-8-15(9-12-23)14-22-17(20-4)21-10-7-16-6-5-13-25-16;/h5-6,13,15H,7-12,14H2,1-4H3,(H2,20,21,22);1H. The van der Waals surface area contributed by atoms with E-state index in [1.807, 2.05) is 32.9 Å². The Hall–Kier alpha value is -1.45. The average Bonchev–Trinajstić information content (AvgIpc) is 3.10. The maximum atomic E-state index is 12.1. The van der Waals surface area contributed by atoms with E-state index in [4.69, 9.17) is 9.15 Å². The topological polar surface area (TPSA) is 79.1 Å². The molecule has 0 unspecified atom stereocenters. The Morgan fingerprint density at radius 2 is 2.04 bits per heavy atom. The molecule has 1 aromatic heterocycles. The van der Waals surface area contributed by atoms with E-state index in [-0.39, 0.29) is 30.1 Å². The highest BCUT2D eigenvalue weighted by Gasteiger charge is 2.26. The van der Waals surface area contributed by atoms with Crippen molar-refractivity contribution in [3.8, 4) is 0 Å². The highest BCUT2D eigenvalue weighted by atomic mass is 127. The maximum Gasteiger partial charge on any atom is 0.410 e. The molecule has 7 nitrogen and oxygen atoms in total. The van der Waals surface area contributed by atoms with Gasteiger partial charge in [0.05, 0.1) is 6.26 Å². The van der Waals surface area contributed by atoms with Crippen LogP contribution in [0.25, 0.3) is 0 Å². The summed E-state index contributed by atoms with van der Waals surface area (Å²) in [4.78, 5) is 18.2. The molecule has 1 aliphatic heterocycles. The zero-order chi connectivity index (χ0) is 19.0. The van der Waals surface area contributed by atoms with E-state index in [2.05, 4.69) is 15.6 Å². The molecule has 8 heteroatoms. The van der Waals surface area contributed by atoms with Gasteiger partial charge in [-0.05, 0) is 51.7 Å². The summed E-state index contributed by atoms with van der Waals surface area (Å²) in [5.74, 6) is 2.28. The lowest BCUT2D eigenvalue weighted by Crippen LogP contribution is -2.45. The minimum Gasteiger partial charge on any atom is -0.469 e. The van der Waals surface area contributed by atoms with Gasteiger partial charge in [0, 0.05) is 39.6 Å². The number of hydrogen-bond donors (Lipinski definition) is 2. The average molecular weight is 492 g/mol. The Morgan fingerprint density at radius 3 is 2.59 bits per heavy atom. The van der Waals surface area contributed by atoms with Crippen molar-refractivity contribution in [1.82, 2.24) is 15.5 Å². The second-order valence-corrected chi connectivity index (χ2v) is 7.62. The number of halogens is 1. The summed E-state index contributed by atoms with van der Waals surface area (Å²) in [6.45, 7) is 8.79. The lowest BCUT2D eigenvalue weighted by molar-refractivity contribution is 0.0185. The molecule has 1 aliphatic rings. The number of hydrogen-bond acceptors (Lipinski definition) is 4. The molecule has 27 heavy (non-hydrogen) atoms. The summed E-state index contributed by atoms with van der Waals surface area (Å²) in [5.41, 5.74) is -0.441. The van der Waals surface area contributed by atoms with Crippen molar-refractivity contribution in [3.63, 3.8) is 0 Å². The van der Waals surface area contributed by atoms with Crippen LogP contribution in [0.1, 0.15) is 39.4 Å². The van der Waals surface area contributed by atoms with E-state index in [0.29, 0.717) is 5.92 Å². The van der Waals surface area contributed by atoms with Crippen molar-refractivity contribution in [1.29, 1.82) is 0 Å². The van der Waals surface area contributed by atoms with Crippen LogP contribution in [0, 0.1) is 5.92 Å². The van der Waals surface area contributed by atoms with Gasteiger partial charge in [-0.25, -0.2) is 4.79 Å². The van der Waals surface area contributed by atoms with Gasteiger partial charge in [0.25, 0.3) is 0 Å². The van der Waals surface area contributed by atoms with E-state index in [1.54, 1.807) is 18.2 Å². The number of likely N-dealkylation sites (tertiary alicyclic amines) is 1. The van der Waals surface area contributed by atoms with E-state index < -0.39 is 5.60 Å². The van der Waals surface area contributed by atoms with Gasteiger partial charge in [-0.1, -0.05) is 0 Å². The normalized spacial score (nSPS) is 15.9. The number of guanidine groups is 1. The second-order valence-electron chi connectivity index (χ2n) is 7.62. The molecular weight excluding hydrogens is 459 g/mol. The maximum absolute atomic E-state index is 12.1. The number of aliphatic imine (C=N–C) groups is 1. The van der Waals surface area contributed by atoms with Gasteiger partial charge in [0.1, 0.15) is 11.4 Å². The van der Waals surface area contributed by atoms with Crippen molar-refractivity contribution >= 4 is 36.0 Å². The van der Waals surface area contributed by atoms with Crippen molar-refractivity contribution < 1.29 is 13.9 Å². The van der Waals surface area contributed by atoms with Crippen LogP contribution in [0.2, 0.25) is 0 Å². The number of furan rings is 1. The highest BCUT2D eigenvalue weighted by molar-refractivity contribution is 14.0. The monoisotopic (exact) mass is 492 g/mol. The van der Waals surface area contributed by atoms with E-state index in [0.717, 1.165) is 57.2 Å². The number of ether oxygens (including phenoxy) is 1. The van der Waals surface area contributed by atoms with Crippen LogP contribution in [-0.4, -0.2) is 55.8 Å². The number of nitrogens with zero attached hydrogens (tertiary/aromatic N) is 2. The molecule has 1 saturated heterocycles. The molecular formula is C19H33IN4O3. The molecule has 0 atom stereocenters. The molecule has 0 radical (unpaired) electrons. The molecule has 1 amide bonds. The smallest absolute Gasteiger partial charge is 0.410 e. The fourth-order valence-electron chi connectivity index (χ4n) is 2.87. The molecule has 0 aliphatic carbocycles. The van der Waals surface area contributed by atoms with Crippen LogP contribution in [0.4, 0.5) is 4.79 Å². The molecule has 0 aromatic carbocycles. The molecule has 1 fully saturated rings. The summed E-state index contributed by atoms with van der Waals surface area (Å²) < 4.78 is 10.8. The number of rotatable bonds is 5. The number of piperidine rings is 1. The number of carbonyl (C=O) groups is 1. The fraction of sp³-hybridized carbons (Fsp3) is 0.684. The van der Waals surface area contributed by atoms with E-state index in [1.165, 1.54) is 0 Å². The lowest BCUT2D eigenvalue weighted by Gasteiger charge is -2.33. The summed E-state index contributed by atoms with van der Waals surface area (Å²) >= 11 is 0. The van der Waals surface area contributed by atoms with Crippen molar-refractivity contribution in [2.75, 3.05) is 33.2 Å². The quantitative estimate of drug-likeness (QED) is 0.375. The molecule has 2 rings (SSSR count). The van der Waals surface area contributed by atoms with E-state index >= 15 is 0 Å². The predicted octanol–water partition coefficient (Wildman–Crippen LogP) is 3.25. The van der Waals surface area contributed by atoms with Gasteiger partial charge in [-0.3, -0.25) is 4.99 Å². The third-order valence-corrected chi connectivity index (χ3v) is 4.29. The van der Waals surface area contributed by atoms with Gasteiger partial charge in [-0.2, -0.15) is 0 Å². The molecule has 2 N–H and O–H groups in total. The first-order valence-electron chi connectivity index (χ1n) is 9.32. The third kappa shape index (κ3) is 8.85. The summed E-state index contributed by atoms with van der Waals surface area (Å²) in [5, 5.41) is 6.67. The molecule has 2 heterocycles. The number of amides is 1. The minimum atomic E-state index is -0.441. The van der Waals surface area contributed by atoms with Crippen molar-refractivity contribution in [3.05, 3.63) is 24.2 Å². The first-order valence-corrected chi connectivity index (χ1v) is 9.32. The number of carbonyl (C=O) groups excluding carboxylic acids is 1. The highest BCUT2D eigenvalue weighted by Crippen LogP contribution is 2.19. The van der Waals surface area contributed by atoms with Crippen molar-refractivity contribution in [2.45, 2.75) is 45.6 Å². The zero-order valence-electron chi connectivity index (χ0n) is 16.8. The Bertz CT molecular complexity index is 576. The summed E-state index contributed by atoms with van der Waals surface area (Å²) in [6, 6.07) is 3.86. The first kappa shape index (κ1) is 23.6. The zero-order valence-corrected chi connectivity index (χ0v) is 19.1. The van der Waals surface area contributed by atoms with Gasteiger partial charge < -0.3 is 24.7 Å². The molecule has 1 aromatic rings. The molecule has 0 spiro atoms. The Morgan fingerprint density at radius 1 is 1.33 bits per heavy atom. The largest absolute Gasteiger partial charge is 0.469 e. The van der Waals surface area contributed by atoms with Gasteiger partial charge in [0.2, 0.25) is 0 Å². The lowest BCUT2D eigenvalue weighted by atomic mass is 9.97. The Kier molecular flexibility index (Phi) is 9.97. The third-order valence-electron chi connectivity index (χ3n) is 4.29. The van der Waals surface area contributed by atoms with Crippen molar-refractivity contribution in [2.24, 2.45) is 10.9 Å². The van der Waals surface area contributed by atoms with Crippen LogP contribution >= 0.6 is 24.0 Å². The first-order chi connectivity index (χ1) is 12.4. The minimum absolute atomic E-state index is 0. The summed E-state index contributed by atoms with van der Waals surface area (Å²) in [7, 11) is 1.77. The van der Waals surface area contributed by atoms with Crippen LogP contribution in [-0.2, 0) is 11.2 Å². The fourth-order valence-corrected chi connectivity index (χ4v) is 2.87. The van der Waals surface area contributed by atoms with Crippen LogP contribution in [0.15, 0.2) is 27.8 Å². The van der Waals surface area contributed by atoms with E-state index in [9.17, 15) is 4.79 Å². The van der Waals surface area contributed by atoms with Gasteiger partial charge in [0.15, 0.2) is 5.96 Å². The van der Waals surface area contributed by atoms with Gasteiger partial charge in [-0.15, -0.1) is 24.0 Å². The number of nitrogens with one attached hydrogen (secondary N) is 2. The van der Waals surface area contributed by atoms with Gasteiger partial charge >= 0.3 is 6.09 Å².